The van der Waals surface area contributed by atoms with Gasteiger partial charge in [0.25, 0.3) is 0 Å². The van der Waals surface area contributed by atoms with Gasteiger partial charge in [0.05, 0.1) is 10.4 Å². The van der Waals surface area contributed by atoms with Crippen molar-refractivity contribution in [1.29, 1.82) is 0 Å². The first-order valence-corrected chi connectivity index (χ1v) is 7.80. The number of para-hydroxylation sites is 1. The molecule has 0 spiro atoms. The molecule has 1 unspecified atom stereocenters. The third-order valence-electron chi connectivity index (χ3n) is 3.27. The van der Waals surface area contributed by atoms with Crippen LogP contribution in [0.15, 0.2) is 42.7 Å². The molecule has 0 bridgehead atoms. The summed E-state index contributed by atoms with van der Waals surface area (Å²) in [6, 6.07) is 12.3. The first-order chi connectivity index (χ1) is 10.1. The summed E-state index contributed by atoms with van der Waals surface area (Å²) in [5, 5.41) is 11.7. The molecule has 0 saturated heterocycles. The van der Waals surface area contributed by atoms with Gasteiger partial charge in [0.15, 0.2) is 5.82 Å². The van der Waals surface area contributed by atoms with Gasteiger partial charge in [-0.25, -0.2) is 0 Å². The molecule has 108 valence electrons. The molecule has 2 aromatic heterocycles. The lowest BCUT2D eigenvalue weighted by molar-refractivity contribution is 0.900. The summed E-state index contributed by atoms with van der Waals surface area (Å²) in [7, 11) is 1.94. The van der Waals surface area contributed by atoms with Crippen molar-refractivity contribution in [3.05, 3.63) is 51.9 Å². The second-order valence-electron chi connectivity index (χ2n) is 4.82. The fourth-order valence-electron chi connectivity index (χ4n) is 2.20. The van der Waals surface area contributed by atoms with Crippen molar-refractivity contribution in [1.82, 2.24) is 14.8 Å². The monoisotopic (exact) mass is 318 g/mol. The molecule has 0 aliphatic carbocycles. The second-order valence-corrected chi connectivity index (χ2v) is 6.57. The average molecular weight is 319 g/mol. The van der Waals surface area contributed by atoms with Crippen LogP contribution in [-0.2, 0) is 7.05 Å². The topological polar surface area (TPSA) is 42.7 Å². The Morgan fingerprint density at radius 3 is 2.71 bits per heavy atom. The minimum absolute atomic E-state index is 0.178. The van der Waals surface area contributed by atoms with Crippen molar-refractivity contribution in [2.75, 3.05) is 5.32 Å². The summed E-state index contributed by atoms with van der Waals surface area (Å²) < 4.78 is 2.72. The number of aromatic nitrogens is 3. The molecule has 1 N–H and O–H groups in total. The van der Waals surface area contributed by atoms with Crippen LogP contribution in [0.5, 0.6) is 0 Å². The van der Waals surface area contributed by atoms with E-state index < -0.39 is 0 Å². The zero-order valence-corrected chi connectivity index (χ0v) is 13.3. The van der Waals surface area contributed by atoms with Crippen molar-refractivity contribution in [3.8, 4) is 11.4 Å². The number of aryl methyl sites for hydroxylation is 1. The maximum absolute atomic E-state index is 6.01. The van der Waals surface area contributed by atoms with Crippen LogP contribution in [0.2, 0.25) is 4.34 Å². The van der Waals surface area contributed by atoms with Crippen molar-refractivity contribution < 1.29 is 0 Å². The molecule has 3 aromatic rings. The van der Waals surface area contributed by atoms with Gasteiger partial charge in [0, 0.05) is 23.2 Å². The standard InChI is InChI=1S/C15H15ClN4S/c1-10(13-7-8-14(16)21-13)18-12-6-4-3-5-11(12)15-19-17-9-20(15)2/h3-10,18H,1-2H3. The van der Waals surface area contributed by atoms with E-state index in [2.05, 4.69) is 34.6 Å². The number of benzene rings is 1. The van der Waals surface area contributed by atoms with Crippen LogP contribution < -0.4 is 5.32 Å². The number of nitrogens with zero attached hydrogens (tertiary/aromatic N) is 3. The third-order valence-corrected chi connectivity index (χ3v) is 4.69. The van der Waals surface area contributed by atoms with Crippen LogP contribution >= 0.6 is 22.9 Å². The van der Waals surface area contributed by atoms with E-state index in [9.17, 15) is 0 Å². The summed E-state index contributed by atoms with van der Waals surface area (Å²) >= 11 is 7.60. The number of hydrogen-bond acceptors (Lipinski definition) is 4. The fourth-order valence-corrected chi connectivity index (χ4v) is 3.26. The third kappa shape index (κ3) is 2.94. The zero-order chi connectivity index (χ0) is 14.8. The highest BCUT2D eigenvalue weighted by molar-refractivity contribution is 7.16. The molecule has 1 atom stereocenters. The highest BCUT2D eigenvalue weighted by Gasteiger charge is 2.13. The van der Waals surface area contributed by atoms with E-state index >= 15 is 0 Å². The first-order valence-electron chi connectivity index (χ1n) is 6.60. The summed E-state index contributed by atoms with van der Waals surface area (Å²) in [5.74, 6) is 0.842. The molecule has 3 rings (SSSR count). The van der Waals surface area contributed by atoms with Crippen LogP contribution in [0, 0.1) is 0 Å². The molecule has 4 nitrogen and oxygen atoms in total. The molecule has 0 saturated carbocycles. The zero-order valence-electron chi connectivity index (χ0n) is 11.7. The predicted molar refractivity (Wildman–Crippen MR) is 87.8 cm³/mol. The summed E-state index contributed by atoms with van der Waals surface area (Å²) in [6.45, 7) is 2.12. The lowest BCUT2D eigenvalue weighted by Gasteiger charge is -2.16. The van der Waals surface area contributed by atoms with Crippen molar-refractivity contribution in [3.63, 3.8) is 0 Å². The Kier molecular flexibility index (Phi) is 3.94. The lowest BCUT2D eigenvalue weighted by Crippen LogP contribution is -2.06. The van der Waals surface area contributed by atoms with Gasteiger partial charge >= 0.3 is 0 Å². The van der Waals surface area contributed by atoms with Gasteiger partial charge in [-0.1, -0.05) is 23.7 Å². The van der Waals surface area contributed by atoms with E-state index in [4.69, 9.17) is 11.6 Å². The number of hydrogen-bond donors (Lipinski definition) is 1. The maximum Gasteiger partial charge on any atom is 0.165 e. The molecule has 2 heterocycles. The highest BCUT2D eigenvalue weighted by atomic mass is 35.5. The van der Waals surface area contributed by atoms with Crippen molar-refractivity contribution >= 4 is 28.6 Å². The number of halogens is 1. The molecule has 6 heteroatoms. The number of nitrogens with one attached hydrogen (secondary N) is 1. The Labute approximate surface area is 132 Å². The van der Waals surface area contributed by atoms with Gasteiger partial charge in [-0.05, 0) is 31.2 Å². The van der Waals surface area contributed by atoms with Crippen molar-refractivity contribution in [2.45, 2.75) is 13.0 Å². The average Bonchev–Trinajstić information content (AvgIpc) is 3.08. The van der Waals surface area contributed by atoms with Crippen molar-refractivity contribution in [2.24, 2.45) is 7.05 Å². The Bertz CT molecular complexity index is 749. The van der Waals surface area contributed by atoms with Crippen LogP contribution in [0.3, 0.4) is 0 Å². The molecule has 0 radical (unpaired) electrons. The van der Waals surface area contributed by atoms with E-state index in [-0.39, 0.29) is 6.04 Å². The highest BCUT2D eigenvalue weighted by Crippen LogP contribution is 2.32. The van der Waals surface area contributed by atoms with Gasteiger partial charge in [0.1, 0.15) is 6.33 Å². The van der Waals surface area contributed by atoms with Gasteiger partial charge in [-0.3, -0.25) is 0 Å². The van der Waals surface area contributed by atoms with E-state index in [1.165, 1.54) is 4.88 Å². The Hall–Kier alpha value is -1.85. The fraction of sp³-hybridized carbons (Fsp3) is 0.200. The number of thiophene rings is 1. The van der Waals surface area contributed by atoms with Crippen LogP contribution in [0.25, 0.3) is 11.4 Å². The number of anilines is 1. The molecule has 1 aromatic carbocycles. The number of rotatable bonds is 4. The van der Waals surface area contributed by atoms with Crippen LogP contribution in [0.1, 0.15) is 17.8 Å². The maximum atomic E-state index is 6.01. The van der Waals surface area contributed by atoms with Gasteiger partial charge in [-0.2, -0.15) is 0 Å². The Morgan fingerprint density at radius 2 is 2.05 bits per heavy atom. The minimum Gasteiger partial charge on any atom is -0.377 e. The van der Waals surface area contributed by atoms with E-state index in [0.717, 1.165) is 21.4 Å². The minimum atomic E-state index is 0.178. The second kappa shape index (κ2) is 5.87. The lowest BCUT2D eigenvalue weighted by atomic mass is 10.1. The van der Waals surface area contributed by atoms with E-state index in [1.54, 1.807) is 17.7 Å². The van der Waals surface area contributed by atoms with Crippen LogP contribution in [0.4, 0.5) is 5.69 Å². The normalized spacial score (nSPS) is 12.3. The molecule has 0 aliphatic heterocycles. The molecule has 0 amide bonds. The smallest absolute Gasteiger partial charge is 0.165 e. The summed E-state index contributed by atoms with van der Waals surface area (Å²) in [5.41, 5.74) is 2.07. The molecule has 0 fully saturated rings. The summed E-state index contributed by atoms with van der Waals surface area (Å²) in [4.78, 5) is 1.20. The van der Waals surface area contributed by atoms with Crippen LogP contribution in [-0.4, -0.2) is 14.8 Å². The Morgan fingerprint density at radius 1 is 1.24 bits per heavy atom. The molecule has 0 aliphatic rings. The van der Waals surface area contributed by atoms with E-state index in [1.807, 2.05) is 35.9 Å². The van der Waals surface area contributed by atoms with E-state index in [0.29, 0.717) is 0 Å². The van der Waals surface area contributed by atoms with Gasteiger partial charge in [0.2, 0.25) is 0 Å². The van der Waals surface area contributed by atoms with Gasteiger partial charge < -0.3 is 9.88 Å². The molecular weight excluding hydrogens is 304 g/mol. The quantitative estimate of drug-likeness (QED) is 0.776. The Balaban J connectivity index is 1.91. The SMILES string of the molecule is CC(Nc1ccccc1-c1nncn1C)c1ccc(Cl)s1. The first kappa shape index (κ1) is 14.1. The predicted octanol–water partition coefficient (Wildman–Crippen LogP) is 4.37. The van der Waals surface area contributed by atoms with Gasteiger partial charge in [-0.15, -0.1) is 21.5 Å². The largest absolute Gasteiger partial charge is 0.377 e. The molecular formula is C15H15ClN4S. The molecule has 21 heavy (non-hydrogen) atoms. The summed E-state index contributed by atoms with van der Waals surface area (Å²) in [6.07, 6.45) is 1.70.